The van der Waals surface area contributed by atoms with Gasteiger partial charge in [-0.1, -0.05) is 51.9 Å². The van der Waals surface area contributed by atoms with Crippen LogP contribution < -0.4 is 5.32 Å². The first kappa shape index (κ1) is 29.8. The van der Waals surface area contributed by atoms with Gasteiger partial charge in [0.05, 0.1) is 0 Å². The minimum atomic E-state index is -1.11. The normalized spacial score (nSPS) is 24.2. The molecule has 0 spiro atoms. The predicted molar refractivity (Wildman–Crippen MR) is 123 cm³/mol. The molecule has 0 aliphatic carbocycles. The van der Waals surface area contributed by atoms with E-state index in [1.165, 1.54) is 59.8 Å². The van der Waals surface area contributed by atoms with E-state index in [0.29, 0.717) is 6.61 Å². The Hall–Kier alpha value is -2.20. The van der Waals surface area contributed by atoms with Crippen molar-refractivity contribution in [2.24, 2.45) is 0 Å². The van der Waals surface area contributed by atoms with Gasteiger partial charge in [-0.05, 0) is 6.42 Å². The quantitative estimate of drug-likeness (QED) is 0.211. The van der Waals surface area contributed by atoms with E-state index < -0.39 is 54.5 Å². The summed E-state index contributed by atoms with van der Waals surface area (Å²) in [5, 5.41) is 2.69. The Morgan fingerprint density at radius 3 is 1.85 bits per heavy atom. The van der Waals surface area contributed by atoms with E-state index in [1.54, 1.807) is 0 Å². The highest BCUT2D eigenvalue weighted by molar-refractivity contribution is 5.73. The zero-order chi connectivity index (χ0) is 25.5. The van der Waals surface area contributed by atoms with Crippen molar-refractivity contribution in [1.82, 2.24) is 5.32 Å². The molecule has 0 radical (unpaired) electrons. The van der Waals surface area contributed by atoms with Crippen LogP contribution in [0.2, 0.25) is 0 Å². The lowest BCUT2D eigenvalue weighted by atomic mass is 9.96. The van der Waals surface area contributed by atoms with Crippen LogP contribution in [0.15, 0.2) is 0 Å². The van der Waals surface area contributed by atoms with E-state index in [-0.39, 0.29) is 6.61 Å². The molecule has 0 aromatic rings. The summed E-state index contributed by atoms with van der Waals surface area (Å²) in [7, 11) is 0. The lowest BCUT2D eigenvalue weighted by molar-refractivity contribution is -0.277. The van der Waals surface area contributed by atoms with E-state index >= 15 is 0 Å². The molecular weight excluding hydrogens is 446 g/mol. The molecule has 34 heavy (non-hydrogen) atoms. The number of ether oxygens (including phenoxy) is 5. The fourth-order valence-electron chi connectivity index (χ4n) is 3.87. The summed E-state index contributed by atoms with van der Waals surface area (Å²) in [6.07, 6.45) is 4.88. The largest absolute Gasteiger partial charge is 0.463 e. The first-order valence-corrected chi connectivity index (χ1v) is 12.2. The first-order valence-electron chi connectivity index (χ1n) is 12.2. The van der Waals surface area contributed by atoms with Crippen LogP contribution in [0, 0.1) is 0 Å². The average Bonchev–Trinajstić information content (AvgIpc) is 2.74. The van der Waals surface area contributed by atoms with Gasteiger partial charge < -0.3 is 29.0 Å². The first-order chi connectivity index (χ1) is 16.1. The number of hydrogen-bond donors (Lipinski definition) is 1. The molecule has 1 fully saturated rings. The third-order valence-electron chi connectivity index (χ3n) is 5.35. The van der Waals surface area contributed by atoms with Gasteiger partial charge in [0.15, 0.2) is 18.5 Å². The van der Waals surface area contributed by atoms with Crippen LogP contribution in [-0.4, -0.2) is 67.7 Å². The van der Waals surface area contributed by atoms with Gasteiger partial charge in [-0.3, -0.25) is 19.2 Å². The summed E-state index contributed by atoms with van der Waals surface area (Å²) in [5.74, 6) is -2.22. The van der Waals surface area contributed by atoms with Crippen LogP contribution in [0.4, 0.5) is 0 Å². The van der Waals surface area contributed by atoms with Crippen LogP contribution in [0.25, 0.3) is 0 Å². The van der Waals surface area contributed by atoms with Gasteiger partial charge >= 0.3 is 17.9 Å². The summed E-state index contributed by atoms with van der Waals surface area (Å²) in [5.41, 5.74) is 0. The van der Waals surface area contributed by atoms with Crippen molar-refractivity contribution in [3.05, 3.63) is 0 Å². The van der Waals surface area contributed by atoms with E-state index in [1.807, 2.05) is 0 Å². The number of hydrogen-bond acceptors (Lipinski definition) is 9. The summed E-state index contributed by atoms with van der Waals surface area (Å²) in [6.45, 7) is 7.27. The lowest BCUT2D eigenvalue weighted by Gasteiger charge is -2.44. The number of amides is 1. The molecule has 10 nitrogen and oxygen atoms in total. The Balaban J connectivity index is 2.89. The molecule has 0 unspecified atom stereocenters. The van der Waals surface area contributed by atoms with Crippen molar-refractivity contribution in [3.63, 3.8) is 0 Å². The maximum Gasteiger partial charge on any atom is 0.303 e. The summed E-state index contributed by atoms with van der Waals surface area (Å²) in [4.78, 5) is 46.8. The molecule has 1 aliphatic heterocycles. The van der Waals surface area contributed by atoms with Gasteiger partial charge in [0, 0.05) is 34.3 Å². The highest BCUT2D eigenvalue weighted by Crippen LogP contribution is 2.28. The number of carbonyl (C=O) groups is 4. The van der Waals surface area contributed by atoms with Crippen molar-refractivity contribution in [1.29, 1.82) is 0 Å². The number of esters is 3. The maximum atomic E-state index is 11.9. The summed E-state index contributed by atoms with van der Waals surface area (Å²) < 4.78 is 27.8. The monoisotopic (exact) mass is 487 g/mol. The average molecular weight is 488 g/mol. The van der Waals surface area contributed by atoms with Crippen molar-refractivity contribution in [3.8, 4) is 0 Å². The molecule has 0 aromatic carbocycles. The Morgan fingerprint density at radius 2 is 1.32 bits per heavy atom. The zero-order valence-electron chi connectivity index (χ0n) is 21.1. The maximum absolute atomic E-state index is 11.9. The molecule has 0 aromatic heterocycles. The topological polar surface area (TPSA) is 126 Å². The van der Waals surface area contributed by atoms with Crippen LogP contribution in [0.3, 0.4) is 0 Å². The molecule has 5 atom stereocenters. The van der Waals surface area contributed by atoms with Crippen molar-refractivity contribution < 1.29 is 42.9 Å². The number of nitrogens with one attached hydrogen (secondary N) is 1. The fraction of sp³-hybridized carbons (Fsp3) is 0.833. The zero-order valence-corrected chi connectivity index (χ0v) is 21.1. The minimum absolute atomic E-state index is 0.241. The van der Waals surface area contributed by atoms with Crippen LogP contribution >= 0.6 is 0 Å². The predicted octanol–water partition coefficient (Wildman–Crippen LogP) is 2.80. The molecule has 10 heteroatoms. The Morgan fingerprint density at radius 1 is 0.765 bits per heavy atom. The van der Waals surface area contributed by atoms with Crippen molar-refractivity contribution in [2.45, 2.75) is 117 Å². The van der Waals surface area contributed by atoms with Crippen LogP contribution in [0.1, 0.15) is 86.0 Å². The molecule has 1 rings (SSSR count). The second-order valence-corrected chi connectivity index (χ2v) is 8.57. The summed E-state index contributed by atoms with van der Waals surface area (Å²) >= 11 is 0. The van der Waals surface area contributed by atoms with Gasteiger partial charge in [-0.2, -0.15) is 0 Å². The van der Waals surface area contributed by atoms with Crippen LogP contribution in [0.5, 0.6) is 0 Å². The van der Waals surface area contributed by atoms with Gasteiger partial charge in [0.2, 0.25) is 5.91 Å². The van der Waals surface area contributed by atoms with E-state index in [9.17, 15) is 19.2 Å². The second kappa shape index (κ2) is 16.4. The third-order valence-corrected chi connectivity index (χ3v) is 5.35. The Labute approximate surface area is 202 Å². The molecule has 0 saturated carbocycles. The third kappa shape index (κ3) is 11.8. The number of rotatable bonds is 15. The SMILES string of the molecule is CCCCCCCCCCO[C@@H]1O[C@H](COC(C)=O)[C@H](OC(C)=O)[C@H](OC(C)=O)[C@H]1NC(C)=O. The number of carbonyl (C=O) groups excluding carboxylic acids is 4. The molecular formula is C24H41NO9. The molecule has 1 N–H and O–H groups in total. The van der Waals surface area contributed by atoms with Crippen molar-refractivity contribution >= 4 is 23.8 Å². The smallest absolute Gasteiger partial charge is 0.303 e. The highest BCUT2D eigenvalue weighted by Gasteiger charge is 2.51. The highest BCUT2D eigenvalue weighted by atomic mass is 16.7. The number of unbranched alkanes of at least 4 members (excludes halogenated alkanes) is 7. The Bertz CT molecular complexity index is 654. The fourth-order valence-corrected chi connectivity index (χ4v) is 3.87. The molecule has 196 valence electrons. The van der Waals surface area contributed by atoms with E-state index in [2.05, 4.69) is 12.2 Å². The minimum Gasteiger partial charge on any atom is -0.463 e. The van der Waals surface area contributed by atoms with Gasteiger partial charge in [0.1, 0.15) is 18.8 Å². The van der Waals surface area contributed by atoms with Crippen LogP contribution in [-0.2, 0) is 42.9 Å². The summed E-state index contributed by atoms with van der Waals surface area (Å²) in [6, 6.07) is -0.923. The molecule has 1 amide bonds. The second-order valence-electron chi connectivity index (χ2n) is 8.57. The van der Waals surface area contributed by atoms with E-state index in [0.717, 1.165) is 19.3 Å². The Kier molecular flexibility index (Phi) is 14.4. The van der Waals surface area contributed by atoms with Gasteiger partial charge in [-0.15, -0.1) is 0 Å². The molecule has 0 bridgehead atoms. The molecule has 1 saturated heterocycles. The molecule has 1 aliphatic rings. The van der Waals surface area contributed by atoms with Gasteiger partial charge in [-0.25, -0.2) is 0 Å². The standard InChI is InChI=1S/C24H41NO9/c1-6-7-8-9-10-11-12-13-14-30-24-21(25-16(2)26)23(33-19(5)29)22(32-18(4)28)20(34-24)15-31-17(3)27/h20-24H,6-15H2,1-5H3,(H,25,26)/t20-,21-,22+,23-,24-/m1/s1. The lowest BCUT2D eigenvalue weighted by Crippen LogP contribution is -2.66. The van der Waals surface area contributed by atoms with Crippen molar-refractivity contribution in [2.75, 3.05) is 13.2 Å². The van der Waals surface area contributed by atoms with E-state index in [4.69, 9.17) is 23.7 Å². The molecule has 1 heterocycles. The van der Waals surface area contributed by atoms with Gasteiger partial charge in [0.25, 0.3) is 0 Å².